The van der Waals surface area contributed by atoms with E-state index in [9.17, 15) is 0 Å². The molecule has 1 saturated carbocycles. The van der Waals surface area contributed by atoms with E-state index in [1.807, 2.05) is 11.8 Å². The highest BCUT2D eigenvalue weighted by atomic mass is 32.2. The fraction of sp³-hybridized carbons (Fsp3) is 0.667. The van der Waals surface area contributed by atoms with Crippen LogP contribution in [0.15, 0.2) is 22.0 Å². The minimum Gasteiger partial charge on any atom is -0.309 e. The quantitative estimate of drug-likeness (QED) is 0.661. The molecule has 3 rings (SSSR count). The van der Waals surface area contributed by atoms with Crippen LogP contribution < -0.4 is 0 Å². The molecule has 1 fully saturated rings. The van der Waals surface area contributed by atoms with Crippen LogP contribution in [0.5, 0.6) is 0 Å². The normalized spacial score (nSPS) is 17.5. The lowest BCUT2D eigenvalue weighted by Gasteiger charge is -2.30. The summed E-state index contributed by atoms with van der Waals surface area (Å²) in [6, 6.07) is 2.63. The lowest BCUT2D eigenvalue weighted by atomic mass is 9.84. The maximum absolute atomic E-state index is 4.56. The van der Waals surface area contributed by atoms with E-state index in [0.29, 0.717) is 6.04 Å². The van der Waals surface area contributed by atoms with E-state index in [4.69, 9.17) is 0 Å². The summed E-state index contributed by atoms with van der Waals surface area (Å²) in [6.07, 6.45) is 6.81. The Hall–Kier alpha value is -0.850. The van der Waals surface area contributed by atoms with Gasteiger partial charge in [0.1, 0.15) is 0 Å². The Morgan fingerprint density at radius 2 is 2.08 bits per heavy atom. The zero-order valence-corrected chi connectivity index (χ0v) is 16.6. The average molecular weight is 365 g/mol. The molecule has 0 amide bonds. The molecule has 0 aliphatic heterocycles. The van der Waals surface area contributed by atoms with Crippen LogP contribution in [-0.2, 0) is 0 Å². The summed E-state index contributed by atoms with van der Waals surface area (Å²) in [5.41, 5.74) is 1.20. The molecule has 24 heavy (non-hydrogen) atoms. The molecule has 6 heteroatoms. The average Bonchev–Trinajstić information content (AvgIpc) is 3.24. The first-order valence-electron chi connectivity index (χ1n) is 8.92. The van der Waals surface area contributed by atoms with E-state index in [-0.39, 0.29) is 0 Å². The molecule has 1 aliphatic carbocycles. The fourth-order valence-electron chi connectivity index (χ4n) is 3.48. The SMILES string of the molecule is C[C@H](C1CCCCC1)n1c(SCCN(C)C)nnc1-c1ccsc1. The lowest BCUT2D eigenvalue weighted by molar-refractivity contribution is 0.256. The summed E-state index contributed by atoms with van der Waals surface area (Å²) in [5.74, 6) is 2.84. The molecule has 0 N–H and O–H groups in total. The van der Waals surface area contributed by atoms with E-state index in [1.165, 1.54) is 37.7 Å². The maximum Gasteiger partial charge on any atom is 0.191 e. The van der Waals surface area contributed by atoms with Gasteiger partial charge in [-0.3, -0.25) is 4.57 Å². The second-order valence-electron chi connectivity index (χ2n) is 6.98. The lowest BCUT2D eigenvalue weighted by Crippen LogP contribution is -2.21. The van der Waals surface area contributed by atoms with Gasteiger partial charge in [0.2, 0.25) is 0 Å². The van der Waals surface area contributed by atoms with Gasteiger partial charge in [-0.25, -0.2) is 0 Å². The first-order valence-corrected chi connectivity index (χ1v) is 10.8. The standard InChI is InChI=1S/C18H28N4S2/c1-14(15-7-5-4-6-8-15)22-17(16-9-11-23-13-16)19-20-18(22)24-12-10-21(2)3/h9,11,13-15H,4-8,10,12H2,1-3H3/t14-/m1/s1. The molecule has 0 radical (unpaired) electrons. The molecule has 0 unspecified atom stereocenters. The van der Waals surface area contributed by atoms with Gasteiger partial charge in [0.05, 0.1) is 0 Å². The maximum atomic E-state index is 4.56. The van der Waals surface area contributed by atoms with Crippen molar-refractivity contribution in [1.29, 1.82) is 0 Å². The van der Waals surface area contributed by atoms with Crippen molar-refractivity contribution in [3.05, 3.63) is 16.8 Å². The molecule has 4 nitrogen and oxygen atoms in total. The number of nitrogens with zero attached hydrogens (tertiary/aromatic N) is 4. The first kappa shape index (κ1) is 18.0. The van der Waals surface area contributed by atoms with E-state index in [0.717, 1.165) is 29.2 Å². The number of hydrogen-bond acceptors (Lipinski definition) is 5. The molecular formula is C18H28N4S2. The van der Waals surface area contributed by atoms with Gasteiger partial charge in [0.25, 0.3) is 0 Å². The Labute approximate surface area is 153 Å². The number of thiophene rings is 1. The number of hydrogen-bond donors (Lipinski definition) is 0. The van der Waals surface area contributed by atoms with Gasteiger partial charge in [-0.1, -0.05) is 31.0 Å². The topological polar surface area (TPSA) is 34.0 Å². The third kappa shape index (κ3) is 4.21. The Morgan fingerprint density at radius 1 is 1.29 bits per heavy atom. The Bertz CT molecular complexity index is 615. The van der Waals surface area contributed by atoms with E-state index >= 15 is 0 Å². The third-order valence-electron chi connectivity index (χ3n) is 4.95. The van der Waals surface area contributed by atoms with Crippen molar-refractivity contribution in [3.63, 3.8) is 0 Å². The monoisotopic (exact) mass is 364 g/mol. The van der Waals surface area contributed by atoms with Crippen molar-refractivity contribution in [2.75, 3.05) is 26.4 Å². The van der Waals surface area contributed by atoms with Gasteiger partial charge in [-0.05, 0) is 51.2 Å². The molecule has 1 atom stereocenters. The summed E-state index contributed by atoms with van der Waals surface area (Å²) in [5, 5.41) is 14.5. The Balaban J connectivity index is 1.85. The molecule has 132 valence electrons. The van der Waals surface area contributed by atoms with E-state index < -0.39 is 0 Å². The highest BCUT2D eigenvalue weighted by Crippen LogP contribution is 2.37. The summed E-state index contributed by atoms with van der Waals surface area (Å²) in [7, 11) is 4.24. The highest BCUT2D eigenvalue weighted by Gasteiger charge is 2.26. The van der Waals surface area contributed by atoms with Crippen molar-refractivity contribution in [3.8, 4) is 11.4 Å². The Kier molecular flexibility index (Phi) is 6.36. The number of thioether (sulfide) groups is 1. The van der Waals surface area contributed by atoms with E-state index in [1.54, 1.807) is 11.3 Å². The van der Waals surface area contributed by atoms with Gasteiger partial charge >= 0.3 is 0 Å². The van der Waals surface area contributed by atoms with Crippen LogP contribution in [0.1, 0.15) is 45.1 Å². The summed E-state index contributed by atoms with van der Waals surface area (Å²) >= 11 is 3.56. The molecule has 1 aliphatic rings. The van der Waals surface area contributed by atoms with Crippen LogP contribution in [0.3, 0.4) is 0 Å². The zero-order valence-electron chi connectivity index (χ0n) is 14.9. The van der Waals surface area contributed by atoms with Crippen molar-refractivity contribution in [1.82, 2.24) is 19.7 Å². The highest BCUT2D eigenvalue weighted by molar-refractivity contribution is 7.99. The number of rotatable bonds is 7. The molecule has 0 bridgehead atoms. The predicted molar refractivity (Wildman–Crippen MR) is 104 cm³/mol. The van der Waals surface area contributed by atoms with Crippen molar-refractivity contribution >= 4 is 23.1 Å². The van der Waals surface area contributed by atoms with Crippen LogP contribution in [-0.4, -0.2) is 46.1 Å². The van der Waals surface area contributed by atoms with Crippen molar-refractivity contribution in [2.24, 2.45) is 5.92 Å². The summed E-state index contributed by atoms with van der Waals surface area (Å²) < 4.78 is 2.42. The van der Waals surface area contributed by atoms with Crippen LogP contribution in [0.2, 0.25) is 0 Å². The van der Waals surface area contributed by atoms with Gasteiger partial charge in [0.15, 0.2) is 11.0 Å². The minimum atomic E-state index is 0.469. The van der Waals surface area contributed by atoms with Gasteiger partial charge in [-0.2, -0.15) is 11.3 Å². The number of aromatic nitrogens is 3. The Morgan fingerprint density at radius 3 is 2.75 bits per heavy atom. The van der Waals surface area contributed by atoms with Gasteiger partial charge in [-0.15, -0.1) is 10.2 Å². The van der Waals surface area contributed by atoms with Crippen LogP contribution in [0.25, 0.3) is 11.4 Å². The van der Waals surface area contributed by atoms with Gasteiger partial charge < -0.3 is 4.90 Å². The zero-order chi connectivity index (χ0) is 16.9. The second kappa shape index (κ2) is 8.50. The third-order valence-corrected chi connectivity index (χ3v) is 6.56. The fourth-order valence-corrected chi connectivity index (χ4v) is 5.24. The van der Waals surface area contributed by atoms with Crippen molar-refractivity contribution < 1.29 is 0 Å². The first-order chi connectivity index (χ1) is 11.7. The molecule has 2 aromatic rings. The molecule has 0 spiro atoms. The molecule has 2 aromatic heterocycles. The van der Waals surface area contributed by atoms with Crippen LogP contribution in [0, 0.1) is 5.92 Å². The second-order valence-corrected chi connectivity index (χ2v) is 8.82. The minimum absolute atomic E-state index is 0.469. The molecular weight excluding hydrogens is 336 g/mol. The molecule has 0 saturated heterocycles. The van der Waals surface area contributed by atoms with E-state index in [2.05, 4.69) is 57.5 Å². The van der Waals surface area contributed by atoms with Gasteiger partial charge in [0, 0.05) is 29.3 Å². The van der Waals surface area contributed by atoms with Crippen LogP contribution in [0.4, 0.5) is 0 Å². The summed E-state index contributed by atoms with van der Waals surface area (Å²) in [6.45, 7) is 3.42. The molecule has 0 aromatic carbocycles. The summed E-state index contributed by atoms with van der Waals surface area (Å²) in [4.78, 5) is 2.22. The largest absolute Gasteiger partial charge is 0.309 e. The van der Waals surface area contributed by atoms with Crippen LogP contribution >= 0.6 is 23.1 Å². The molecule has 2 heterocycles. The smallest absolute Gasteiger partial charge is 0.191 e. The predicted octanol–water partition coefficient (Wildman–Crippen LogP) is 4.80. The van der Waals surface area contributed by atoms with Crippen molar-refractivity contribution in [2.45, 2.75) is 50.2 Å².